The van der Waals surface area contributed by atoms with Gasteiger partial charge in [-0.2, -0.15) is 0 Å². The minimum Gasteiger partial charge on any atom is -0.394 e. The first-order chi connectivity index (χ1) is 10.4. The molecular formula is C16H21N3O3. The van der Waals surface area contributed by atoms with E-state index in [1.54, 1.807) is 30.6 Å². The molecule has 1 unspecified atom stereocenters. The van der Waals surface area contributed by atoms with Crippen molar-refractivity contribution in [1.29, 1.82) is 0 Å². The van der Waals surface area contributed by atoms with Gasteiger partial charge in [0.25, 0.3) is 5.91 Å². The van der Waals surface area contributed by atoms with E-state index < -0.39 is 0 Å². The summed E-state index contributed by atoms with van der Waals surface area (Å²) in [5.41, 5.74) is 1.00. The molecule has 2 heterocycles. The van der Waals surface area contributed by atoms with Crippen LogP contribution in [0.2, 0.25) is 0 Å². The molecule has 0 saturated carbocycles. The van der Waals surface area contributed by atoms with Crippen molar-refractivity contribution in [2.24, 2.45) is 5.41 Å². The smallest absolute Gasteiger partial charge is 0.273 e. The van der Waals surface area contributed by atoms with Gasteiger partial charge < -0.3 is 14.9 Å². The van der Waals surface area contributed by atoms with Gasteiger partial charge in [0, 0.05) is 24.0 Å². The number of amides is 1. The minimum absolute atomic E-state index is 0.00665. The zero-order chi connectivity index (χ0) is 16.2. The molecule has 0 fully saturated rings. The van der Waals surface area contributed by atoms with Crippen LogP contribution in [0.3, 0.4) is 0 Å². The minimum atomic E-state index is -0.354. The number of aromatic nitrogens is 2. The van der Waals surface area contributed by atoms with Crippen LogP contribution in [-0.4, -0.2) is 33.8 Å². The van der Waals surface area contributed by atoms with E-state index in [-0.39, 0.29) is 29.7 Å². The summed E-state index contributed by atoms with van der Waals surface area (Å²) >= 11 is 0. The Kier molecular flexibility index (Phi) is 4.92. The lowest BCUT2D eigenvalue weighted by molar-refractivity contribution is 0.0888. The summed E-state index contributed by atoms with van der Waals surface area (Å²) < 4.78 is 5.19. The van der Waals surface area contributed by atoms with Crippen molar-refractivity contribution in [2.45, 2.75) is 33.2 Å². The van der Waals surface area contributed by atoms with Crippen LogP contribution in [0.15, 0.2) is 35.1 Å². The van der Waals surface area contributed by atoms with E-state index in [1.165, 1.54) is 0 Å². The molecule has 0 spiro atoms. The summed E-state index contributed by atoms with van der Waals surface area (Å²) in [5, 5.41) is 16.0. The SMILES string of the molecule is CC(C)(C)CC(CO)NC(=O)c1cc(-c2ccncc2)on1. The first kappa shape index (κ1) is 16.2. The highest BCUT2D eigenvalue weighted by molar-refractivity contribution is 5.93. The maximum atomic E-state index is 12.2. The Morgan fingerprint density at radius 2 is 2.05 bits per heavy atom. The van der Waals surface area contributed by atoms with Crippen LogP contribution in [0, 0.1) is 5.41 Å². The molecule has 0 bridgehead atoms. The predicted molar refractivity (Wildman–Crippen MR) is 82.1 cm³/mol. The molecule has 0 aromatic carbocycles. The van der Waals surface area contributed by atoms with Crippen LogP contribution in [0.4, 0.5) is 0 Å². The Morgan fingerprint density at radius 3 is 2.64 bits per heavy atom. The highest BCUT2D eigenvalue weighted by Crippen LogP contribution is 2.22. The van der Waals surface area contributed by atoms with E-state index in [9.17, 15) is 9.90 Å². The molecule has 2 N–H and O–H groups in total. The zero-order valence-electron chi connectivity index (χ0n) is 13.0. The third kappa shape index (κ3) is 4.39. The van der Waals surface area contributed by atoms with Gasteiger partial charge in [-0.15, -0.1) is 0 Å². The second-order valence-electron chi connectivity index (χ2n) is 6.43. The van der Waals surface area contributed by atoms with Gasteiger partial charge in [-0.1, -0.05) is 25.9 Å². The van der Waals surface area contributed by atoms with Crippen LogP contribution in [0.1, 0.15) is 37.7 Å². The molecule has 1 atom stereocenters. The fraction of sp³-hybridized carbons (Fsp3) is 0.438. The molecule has 0 radical (unpaired) electrons. The van der Waals surface area contributed by atoms with Gasteiger partial charge in [-0.3, -0.25) is 9.78 Å². The van der Waals surface area contributed by atoms with E-state index in [1.807, 2.05) is 0 Å². The molecule has 0 aliphatic carbocycles. The lowest BCUT2D eigenvalue weighted by Crippen LogP contribution is -2.40. The normalized spacial score (nSPS) is 12.9. The molecule has 6 heteroatoms. The molecule has 1 amide bonds. The number of carbonyl (C=O) groups is 1. The monoisotopic (exact) mass is 303 g/mol. The quantitative estimate of drug-likeness (QED) is 0.884. The topological polar surface area (TPSA) is 88.2 Å². The Bertz CT molecular complexity index is 617. The zero-order valence-corrected chi connectivity index (χ0v) is 13.0. The molecule has 118 valence electrons. The standard InChI is InChI=1S/C16H21N3O3/c1-16(2,3)9-12(10-20)18-15(21)13-8-14(22-19-13)11-4-6-17-7-5-11/h4-8,12,20H,9-10H2,1-3H3,(H,18,21). The van der Waals surface area contributed by atoms with Gasteiger partial charge in [0.2, 0.25) is 0 Å². The van der Waals surface area contributed by atoms with E-state index in [0.717, 1.165) is 5.56 Å². The second-order valence-corrected chi connectivity index (χ2v) is 6.43. The maximum Gasteiger partial charge on any atom is 0.273 e. The van der Waals surface area contributed by atoms with Crippen molar-refractivity contribution < 1.29 is 14.4 Å². The molecule has 22 heavy (non-hydrogen) atoms. The number of nitrogens with zero attached hydrogens (tertiary/aromatic N) is 2. The Labute approximate surface area is 129 Å². The molecule has 0 saturated heterocycles. The van der Waals surface area contributed by atoms with Crippen molar-refractivity contribution in [2.75, 3.05) is 6.61 Å². The van der Waals surface area contributed by atoms with Crippen molar-refractivity contribution in [3.8, 4) is 11.3 Å². The molecule has 2 aromatic rings. The van der Waals surface area contributed by atoms with Crippen molar-refractivity contribution in [1.82, 2.24) is 15.5 Å². The lowest BCUT2D eigenvalue weighted by Gasteiger charge is -2.25. The van der Waals surface area contributed by atoms with E-state index >= 15 is 0 Å². The third-order valence-electron chi connectivity index (χ3n) is 3.12. The molecule has 2 rings (SSSR count). The van der Waals surface area contributed by atoms with Crippen LogP contribution in [0.25, 0.3) is 11.3 Å². The highest BCUT2D eigenvalue weighted by atomic mass is 16.5. The fourth-order valence-corrected chi connectivity index (χ4v) is 2.19. The number of carbonyl (C=O) groups excluding carboxylic acids is 1. The largest absolute Gasteiger partial charge is 0.394 e. The average Bonchev–Trinajstić information content (AvgIpc) is 2.96. The molecule has 6 nitrogen and oxygen atoms in total. The van der Waals surface area contributed by atoms with Crippen LogP contribution in [0.5, 0.6) is 0 Å². The van der Waals surface area contributed by atoms with Crippen LogP contribution < -0.4 is 5.32 Å². The summed E-state index contributed by atoms with van der Waals surface area (Å²) in [6.45, 7) is 6.05. The second kappa shape index (κ2) is 6.70. The Morgan fingerprint density at radius 1 is 1.36 bits per heavy atom. The average molecular weight is 303 g/mol. The number of hydrogen-bond donors (Lipinski definition) is 2. The molecule has 2 aromatic heterocycles. The third-order valence-corrected chi connectivity index (χ3v) is 3.12. The number of rotatable bonds is 5. The van der Waals surface area contributed by atoms with E-state index in [0.29, 0.717) is 12.2 Å². The van der Waals surface area contributed by atoms with Gasteiger partial charge in [0.05, 0.1) is 12.6 Å². The number of nitrogens with one attached hydrogen (secondary N) is 1. The lowest BCUT2D eigenvalue weighted by atomic mass is 9.88. The summed E-state index contributed by atoms with van der Waals surface area (Å²) in [6, 6.07) is 4.82. The highest BCUT2D eigenvalue weighted by Gasteiger charge is 2.22. The van der Waals surface area contributed by atoms with Crippen molar-refractivity contribution in [3.05, 3.63) is 36.3 Å². The van der Waals surface area contributed by atoms with Gasteiger partial charge in [-0.25, -0.2) is 0 Å². The maximum absolute atomic E-state index is 12.2. The first-order valence-electron chi connectivity index (χ1n) is 7.18. The van der Waals surface area contributed by atoms with Gasteiger partial charge in [0.15, 0.2) is 11.5 Å². The van der Waals surface area contributed by atoms with Crippen LogP contribution >= 0.6 is 0 Å². The first-order valence-corrected chi connectivity index (χ1v) is 7.18. The molecular weight excluding hydrogens is 282 g/mol. The number of aliphatic hydroxyl groups excluding tert-OH is 1. The van der Waals surface area contributed by atoms with Gasteiger partial charge >= 0.3 is 0 Å². The van der Waals surface area contributed by atoms with Crippen LogP contribution in [-0.2, 0) is 0 Å². The summed E-state index contributed by atoms with van der Waals surface area (Å²) in [5.74, 6) is 0.149. The summed E-state index contributed by atoms with van der Waals surface area (Å²) in [4.78, 5) is 16.1. The predicted octanol–water partition coefficient (Wildman–Crippen LogP) is 2.26. The molecule has 0 aliphatic heterocycles. The van der Waals surface area contributed by atoms with E-state index in [4.69, 9.17) is 4.52 Å². The van der Waals surface area contributed by atoms with Crippen molar-refractivity contribution >= 4 is 5.91 Å². The fourth-order valence-electron chi connectivity index (χ4n) is 2.19. The summed E-state index contributed by atoms with van der Waals surface area (Å²) in [7, 11) is 0. The van der Waals surface area contributed by atoms with Crippen molar-refractivity contribution in [3.63, 3.8) is 0 Å². The Hall–Kier alpha value is -2.21. The van der Waals surface area contributed by atoms with Gasteiger partial charge in [0.1, 0.15) is 0 Å². The van der Waals surface area contributed by atoms with Gasteiger partial charge in [-0.05, 0) is 24.0 Å². The number of hydrogen-bond acceptors (Lipinski definition) is 5. The number of aliphatic hydroxyl groups is 1. The molecule has 0 aliphatic rings. The summed E-state index contributed by atoms with van der Waals surface area (Å²) in [6.07, 6.45) is 3.95. The number of pyridine rings is 1. The van der Waals surface area contributed by atoms with E-state index in [2.05, 4.69) is 36.2 Å². The Balaban J connectivity index is 2.06.